The lowest BCUT2D eigenvalue weighted by atomic mass is 9.69. The molecular weight excluding hydrogens is 221 g/mol. The second-order valence-corrected chi connectivity index (χ2v) is 4.35. The van der Waals surface area contributed by atoms with Crippen molar-refractivity contribution in [3.63, 3.8) is 0 Å². The van der Waals surface area contributed by atoms with Crippen molar-refractivity contribution in [3.05, 3.63) is 66.2 Å². The van der Waals surface area contributed by atoms with Crippen LogP contribution in [0.2, 0.25) is 0 Å². The van der Waals surface area contributed by atoms with Crippen LogP contribution in [-0.2, 0) is 0 Å². The van der Waals surface area contributed by atoms with Gasteiger partial charge in [-0.15, -0.1) is 0 Å². The maximum atomic E-state index is 4.74. The van der Waals surface area contributed by atoms with Crippen LogP contribution in [-0.4, -0.2) is 24.8 Å². The van der Waals surface area contributed by atoms with Gasteiger partial charge in [-0.2, -0.15) is 0 Å². The Morgan fingerprint density at radius 1 is 0.944 bits per heavy atom. The minimum absolute atomic E-state index is 0.0430. The normalized spacial score (nSPS) is 15.4. The van der Waals surface area contributed by atoms with Gasteiger partial charge in [0.2, 0.25) is 0 Å². The largest absolute Gasteiger partial charge is 0.417 e. The summed E-state index contributed by atoms with van der Waals surface area (Å²) >= 11 is 0. The Balaban J connectivity index is 1.92. The van der Waals surface area contributed by atoms with E-state index in [1.807, 2.05) is 48.4 Å². The molecule has 0 atom stereocenters. The van der Waals surface area contributed by atoms with Crippen molar-refractivity contribution in [2.45, 2.75) is 0 Å². The molecule has 0 fully saturated rings. The molecule has 1 aliphatic rings. The van der Waals surface area contributed by atoms with Crippen molar-refractivity contribution in [1.29, 1.82) is 0 Å². The Hall–Kier alpha value is -2.07. The summed E-state index contributed by atoms with van der Waals surface area (Å²) < 4.78 is 0. The molecule has 2 aromatic carbocycles. The lowest BCUT2D eigenvalue weighted by Gasteiger charge is -2.14. The van der Waals surface area contributed by atoms with E-state index in [-0.39, 0.29) is 6.98 Å². The molecule has 0 aliphatic carbocycles. The molecule has 3 rings (SSSR count). The van der Waals surface area contributed by atoms with Crippen LogP contribution in [0.25, 0.3) is 0 Å². The molecule has 88 valence electrons. The van der Waals surface area contributed by atoms with Gasteiger partial charge in [-0.05, 0) is 12.5 Å². The van der Waals surface area contributed by atoms with Crippen molar-refractivity contribution in [1.82, 2.24) is 10.3 Å². The SMILES string of the molecule is CN1NC(c2ccccc2)=NB1c1ccccc1. The third-order valence-corrected chi connectivity index (χ3v) is 3.05. The lowest BCUT2D eigenvalue weighted by molar-refractivity contribution is 0.494. The summed E-state index contributed by atoms with van der Waals surface area (Å²) in [6.45, 7) is 0.0430. The Labute approximate surface area is 107 Å². The van der Waals surface area contributed by atoms with Crippen LogP contribution in [0, 0.1) is 0 Å². The fraction of sp³-hybridized carbons (Fsp3) is 0.0714. The van der Waals surface area contributed by atoms with Crippen LogP contribution >= 0.6 is 0 Å². The molecule has 0 saturated carbocycles. The fourth-order valence-electron chi connectivity index (χ4n) is 2.12. The second kappa shape index (κ2) is 4.66. The smallest absolute Gasteiger partial charge is 0.313 e. The van der Waals surface area contributed by atoms with Gasteiger partial charge in [-0.1, -0.05) is 60.7 Å². The highest BCUT2D eigenvalue weighted by molar-refractivity contribution is 6.71. The minimum Gasteiger partial charge on any atom is -0.313 e. The first-order valence-corrected chi connectivity index (χ1v) is 6.02. The maximum Gasteiger partial charge on any atom is 0.417 e. The molecule has 0 radical (unpaired) electrons. The number of nitrogens with one attached hydrogen (secondary N) is 1. The lowest BCUT2D eigenvalue weighted by Crippen LogP contribution is -2.47. The molecule has 0 unspecified atom stereocenters. The Morgan fingerprint density at radius 2 is 1.56 bits per heavy atom. The van der Waals surface area contributed by atoms with Gasteiger partial charge in [0.15, 0.2) is 0 Å². The first kappa shape index (κ1) is 11.0. The summed E-state index contributed by atoms with van der Waals surface area (Å²) in [7, 11) is 2.01. The standard InChI is InChI=1S/C14H14BN3/c1-18-15(13-10-6-3-7-11-13)16-14(17-18)12-8-4-2-5-9-12/h2-11H,1H3,(H,16,17). The van der Waals surface area contributed by atoms with Crippen molar-refractivity contribution in [2.75, 3.05) is 7.05 Å². The molecule has 0 saturated heterocycles. The number of benzene rings is 2. The van der Waals surface area contributed by atoms with Crippen molar-refractivity contribution in [3.8, 4) is 0 Å². The quantitative estimate of drug-likeness (QED) is 0.794. The summed E-state index contributed by atoms with van der Waals surface area (Å²) in [6.07, 6.45) is 0. The molecule has 1 heterocycles. The number of rotatable bonds is 2. The van der Waals surface area contributed by atoms with Gasteiger partial charge in [0.1, 0.15) is 5.84 Å². The van der Waals surface area contributed by atoms with Gasteiger partial charge in [0, 0.05) is 5.56 Å². The number of hydrazine groups is 1. The maximum absolute atomic E-state index is 4.74. The number of nitrogens with zero attached hydrogens (tertiary/aromatic N) is 2. The van der Waals surface area contributed by atoms with Crippen LogP contribution in [0.1, 0.15) is 5.56 Å². The summed E-state index contributed by atoms with van der Waals surface area (Å²) in [5.74, 6) is 0.923. The number of amidine groups is 1. The predicted molar refractivity (Wildman–Crippen MR) is 75.7 cm³/mol. The second-order valence-electron chi connectivity index (χ2n) is 4.35. The molecular formula is C14H14BN3. The van der Waals surface area contributed by atoms with Crippen molar-refractivity contribution in [2.24, 2.45) is 4.90 Å². The van der Waals surface area contributed by atoms with Crippen LogP contribution < -0.4 is 10.9 Å². The van der Waals surface area contributed by atoms with E-state index in [4.69, 9.17) is 4.90 Å². The summed E-state index contributed by atoms with van der Waals surface area (Å²) in [5.41, 5.74) is 5.61. The molecule has 18 heavy (non-hydrogen) atoms. The van der Waals surface area contributed by atoms with Gasteiger partial charge in [-0.3, -0.25) is 4.90 Å². The van der Waals surface area contributed by atoms with E-state index >= 15 is 0 Å². The molecule has 3 nitrogen and oxygen atoms in total. The summed E-state index contributed by atoms with van der Waals surface area (Å²) in [6, 6.07) is 20.5. The predicted octanol–water partition coefficient (Wildman–Crippen LogP) is 1.28. The van der Waals surface area contributed by atoms with Gasteiger partial charge in [0.05, 0.1) is 0 Å². The van der Waals surface area contributed by atoms with Crippen LogP contribution in [0.3, 0.4) is 0 Å². The zero-order valence-electron chi connectivity index (χ0n) is 10.2. The third kappa shape index (κ3) is 2.02. The number of hydrogen-bond donors (Lipinski definition) is 1. The third-order valence-electron chi connectivity index (χ3n) is 3.05. The Bertz CT molecular complexity index is 554. The van der Waals surface area contributed by atoms with E-state index in [0.29, 0.717) is 0 Å². The van der Waals surface area contributed by atoms with Crippen molar-refractivity contribution < 1.29 is 0 Å². The average Bonchev–Trinajstić information content (AvgIpc) is 2.83. The molecule has 1 N–H and O–H groups in total. The Kier molecular flexibility index (Phi) is 2.86. The monoisotopic (exact) mass is 235 g/mol. The topological polar surface area (TPSA) is 27.6 Å². The zero-order valence-corrected chi connectivity index (χ0v) is 10.2. The van der Waals surface area contributed by atoms with Gasteiger partial charge >= 0.3 is 6.98 Å². The highest BCUT2D eigenvalue weighted by Gasteiger charge is 2.29. The van der Waals surface area contributed by atoms with Crippen LogP contribution in [0.15, 0.2) is 65.6 Å². The summed E-state index contributed by atoms with van der Waals surface area (Å²) in [5, 5.41) is 0. The van der Waals surface area contributed by atoms with E-state index in [1.165, 1.54) is 5.46 Å². The van der Waals surface area contributed by atoms with E-state index in [0.717, 1.165) is 11.4 Å². The van der Waals surface area contributed by atoms with Crippen molar-refractivity contribution >= 4 is 18.3 Å². The zero-order chi connectivity index (χ0) is 12.4. The molecule has 0 bridgehead atoms. The van der Waals surface area contributed by atoms with E-state index in [2.05, 4.69) is 29.7 Å². The fourth-order valence-corrected chi connectivity index (χ4v) is 2.12. The van der Waals surface area contributed by atoms with Gasteiger partial charge < -0.3 is 5.43 Å². The summed E-state index contributed by atoms with van der Waals surface area (Å²) in [4.78, 5) is 6.77. The first-order valence-electron chi connectivity index (χ1n) is 6.02. The minimum atomic E-state index is 0.0430. The van der Waals surface area contributed by atoms with Gasteiger partial charge in [-0.25, -0.2) is 4.92 Å². The van der Waals surface area contributed by atoms with E-state index < -0.39 is 0 Å². The van der Waals surface area contributed by atoms with E-state index in [9.17, 15) is 0 Å². The molecule has 2 aromatic rings. The molecule has 0 spiro atoms. The van der Waals surface area contributed by atoms with E-state index in [1.54, 1.807) is 0 Å². The van der Waals surface area contributed by atoms with Crippen LogP contribution in [0.4, 0.5) is 0 Å². The molecule has 0 aromatic heterocycles. The van der Waals surface area contributed by atoms with Gasteiger partial charge in [0.25, 0.3) is 0 Å². The Morgan fingerprint density at radius 3 is 2.22 bits per heavy atom. The van der Waals surface area contributed by atoms with Crippen LogP contribution in [0.5, 0.6) is 0 Å². The molecule has 0 amide bonds. The first-order chi connectivity index (χ1) is 8.84. The highest BCUT2D eigenvalue weighted by atomic mass is 15.5. The molecule has 4 heteroatoms. The average molecular weight is 235 g/mol. The molecule has 1 aliphatic heterocycles. The number of hydrogen-bond acceptors (Lipinski definition) is 3. The highest BCUT2D eigenvalue weighted by Crippen LogP contribution is 2.07.